The van der Waals surface area contributed by atoms with Crippen LogP contribution in [0.3, 0.4) is 0 Å². The Hall–Kier alpha value is -3.23. The minimum Gasteiger partial charge on any atom is -0.385 e. The van der Waals surface area contributed by atoms with Gasteiger partial charge in [-0.1, -0.05) is 35.5 Å². The van der Waals surface area contributed by atoms with Crippen LogP contribution in [0.4, 0.5) is 10.3 Å². The lowest BCUT2D eigenvalue weighted by Gasteiger charge is -2.28. The van der Waals surface area contributed by atoms with Crippen molar-refractivity contribution >= 4 is 11.8 Å². The topological polar surface area (TPSA) is 68.0 Å². The summed E-state index contributed by atoms with van der Waals surface area (Å²) < 4.78 is 29.9. The molecule has 8 heteroatoms. The first-order valence-corrected chi connectivity index (χ1v) is 11.1. The third-order valence-electron chi connectivity index (χ3n) is 5.62. The molecule has 1 aliphatic rings. The Kier molecular flexibility index (Phi) is 7.70. The summed E-state index contributed by atoms with van der Waals surface area (Å²) in [5.41, 5.74) is 2.90. The summed E-state index contributed by atoms with van der Waals surface area (Å²) >= 11 is 0. The monoisotopic (exact) mass is 453 g/mol. The van der Waals surface area contributed by atoms with E-state index in [0.717, 1.165) is 11.1 Å². The number of methoxy groups -OCH3 is 1. The molecule has 2 heterocycles. The van der Waals surface area contributed by atoms with Crippen LogP contribution in [0.25, 0.3) is 11.3 Å². The maximum absolute atomic E-state index is 13.4. The number of hydrogen-bond donors (Lipinski definition) is 0. The van der Waals surface area contributed by atoms with Gasteiger partial charge in [0, 0.05) is 44.5 Å². The standard InChI is InChI=1S/C25H28FN3O4/c1-31-15-5-12-29(24(30)20-8-10-21(26)11-9-20)18-22-23(19-6-3-2-4-7-19)27-33-25(22)28-13-16-32-17-14-28/h2-4,6-11H,5,12-18H2,1H3. The lowest BCUT2D eigenvalue weighted by atomic mass is 10.1. The predicted octanol–water partition coefficient (Wildman–Crippen LogP) is 4.00. The van der Waals surface area contributed by atoms with Crippen molar-refractivity contribution in [1.29, 1.82) is 0 Å². The van der Waals surface area contributed by atoms with Crippen LogP contribution in [0.5, 0.6) is 0 Å². The van der Waals surface area contributed by atoms with Crippen molar-refractivity contribution in [2.75, 3.05) is 51.5 Å². The third kappa shape index (κ3) is 5.58. The van der Waals surface area contributed by atoms with E-state index in [-0.39, 0.29) is 11.7 Å². The lowest BCUT2D eigenvalue weighted by Crippen LogP contribution is -2.37. The third-order valence-corrected chi connectivity index (χ3v) is 5.62. The highest BCUT2D eigenvalue weighted by Crippen LogP contribution is 2.33. The molecule has 1 saturated heterocycles. The second-order valence-electron chi connectivity index (χ2n) is 7.86. The van der Waals surface area contributed by atoms with Crippen LogP contribution in [-0.2, 0) is 16.0 Å². The molecular weight excluding hydrogens is 425 g/mol. The zero-order valence-corrected chi connectivity index (χ0v) is 18.7. The average Bonchev–Trinajstić information content (AvgIpc) is 3.28. The van der Waals surface area contributed by atoms with Crippen LogP contribution < -0.4 is 4.90 Å². The van der Waals surface area contributed by atoms with Crippen molar-refractivity contribution in [2.24, 2.45) is 0 Å². The first kappa shape index (κ1) is 22.9. The number of morpholine rings is 1. The summed E-state index contributed by atoms with van der Waals surface area (Å²) in [4.78, 5) is 17.2. The number of nitrogens with zero attached hydrogens (tertiary/aromatic N) is 3. The molecule has 174 valence electrons. The molecular formula is C25H28FN3O4. The number of anilines is 1. The van der Waals surface area contributed by atoms with E-state index in [2.05, 4.69) is 10.1 Å². The maximum Gasteiger partial charge on any atom is 0.254 e. The summed E-state index contributed by atoms with van der Waals surface area (Å²) in [5, 5.41) is 4.39. The molecule has 2 aromatic carbocycles. The highest BCUT2D eigenvalue weighted by Gasteiger charge is 2.27. The summed E-state index contributed by atoms with van der Waals surface area (Å²) in [6.45, 7) is 3.89. The summed E-state index contributed by atoms with van der Waals surface area (Å²) in [6.07, 6.45) is 0.669. The molecule has 0 bridgehead atoms. The van der Waals surface area contributed by atoms with Crippen LogP contribution in [0.2, 0.25) is 0 Å². The molecule has 1 aliphatic heterocycles. The molecule has 0 saturated carbocycles. The van der Waals surface area contributed by atoms with Crippen molar-refractivity contribution in [3.63, 3.8) is 0 Å². The fraction of sp³-hybridized carbons (Fsp3) is 0.360. The second kappa shape index (κ2) is 11.1. The smallest absolute Gasteiger partial charge is 0.254 e. The summed E-state index contributed by atoms with van der Waals surface area (Å²) in [7, 11) is 1.64. The Morgan fingerprint density at radius 2 is 1.85 bits per heavy atom. The van der Waals surface area contributed by atoms with Crippen molar-refractivity contribution < 1.29 is 23.2 Å². The predicted molar refractivity (Wildman–Crippen MR) is 123 cm³/mol. The highest BCUT2D eigenvalue weighted by molar-refractivity contribution is 5.94. The van der Waals surface area contributed by atoms with Crippen LogP contribution >= 0.6 is 0 Å². The van der Waals surface area contributed by atoms with E-state index in [1.54, 1.807) is 12.0 Å². The molecule has 0 N–H and O–H groups in total. The molecule has 0 radical (unpaired) electrons. The molecule has 4 rings (SSSR count). The van der Waals surface area contributed by atoms with Crippen LogP contribution in [0.1, 0.15) is 22.3 Å². The summed E-state index contributed by atoms with van der Waals surface area (Å²) in [5.74, 6) is 0.0949. The van der Waals surface area contributed by atoms with E-state index in [1.807, 2.05) is 30.3 Å². The van der Waals surface area contributed by atoms with Crippen LogP contribution in [0.15, 0.2) is 59.1 Å². The first-order valence-electron chi connectivity index (χ1n) is 11.1. The Balaban J connectivity index is 1.69. The Morgan fingerprint density at radius 1 is 1.12 bits per heavy atom. The first-order chi connectivity index (χ1) is 16.2. The van der Waals surface area contributed by atoms with Gasteiger partial charge in [0.1, 0.15) is 11.5 Å². The van der Waals surface area contributed by atoms with E-state index in [1.165, 1.54) is 24.3 Å². The maximum atomic E-state index is 13.4. The van der Waals surface area contributed by atoms with Gasteiger partial charge in [-0.05, 0) is 30.7 Å². The Morgan fingerprint density at radius 3 is 2.55 bits per heavy atom. The minimum atomic E-state index is -0.377. The van der Waals surface area contributed by atoms with E-state index in [0.29, 0.717) is 69.6 Å². The van der Waals surface area contributed by atoms with Gasteiger partial charge in [0.25, 0.3) is 5.91 Å². The van der Waals surface area contributed by atoms with Crippen molar-refractivity contribution in [1.82, 2.24) is 10.1 Å². The summed E-state index contributed by atoms with van der Waals surface area (Å²) in [6, 6.07) is 15.4. The number of hydrogen-bond acceptors (Lipinski definition) is 6. The number of amides is 1. The Labute approximate surface area is 192 Å². The zero-order chi connectivity index (χ0) is 23.0. The second-order valence-corrected chi connectivity index (χ2v) is 7.86. The number of benzene rings is 2. The van der Waals surface area contributed by atoms with Crippen molar-refractivity contribution in [3.8, 4) is 11.3 Å². The molecule has 1 amide bonds. The number of carbonyl (C=O) groups excluding carboxylic acids is 1. The van der Waals surface area contributed by atoms with Gasteiger partial charge in [-0.15, -0.1) is 0 Å². The molecule has 0 aliphatic carbocycles. The molecule has 0 atom stereocenters. The fourth-order valence-corrected chi connectivity index (χ4v) is 3.90. The van der Waals surface area contributed by atoms with E-state index in [9.17, 15) is 9.18 Å². The van der Waals surface area contributed by atoms with Gasteiger partial charge in [0.2, 0.25) is 5.88 Å². The quantitative estimate of drug-likeness (QED) is 0.457. The minimum absolute atomic E-state index is 0.181. The SMILES string of the molecule is COCCCN(Cc1c(-c2ccccc2)noc1N1CCOCC1)C(=O)c1ccc(F)cc1. The van der Waals surface area contributed by atoms with E-state index in [4.69, 9.17) is 14.0 Å². The van der Waals surface area contributed by atoms with Crippen LogP contribution in [0, 0.1) is 5.82 Å². The molecule has 0 unspecified atom stereocenters. The molecule has 1 fully saturated rings. The van der Waals surface area contributed by atoms with Gasteiger partial charge in [-0.25, -0.2) is 4.39 Å². The number of carbonyl (C=O) groups is 1. The van der Waals surface area contributed by atoms with Crippen molar-refractivity contribution in [2.45, 2.75) is 13.0 Å². The molecule has 3 aromatic rings. The Bertz CT molecular complexity index is 1030. The van der Waals surface area contributed by atoms with Crippen LogP contribution in [-0.4, -0.2) is 62.5 Å². The van der Waals surface area contributed by atoms with E-state index >= 15 is 0 Å². The van der Waals surface area contributed by atoms with Gasteiger partial charge < -0.3 is 23.8 Å². The van der Waals surface area contributed by atoms with Gasteiger partial charge in [0.05, 0.1) is 25.3 Å². The molecule has 7 nitrogen and oxygen atoms in total. The number of halogens is 1. The largest absolute Gasteiger partial charge is 0.385 e. The average molecular weight is 454 g/mol. The highest BCUT2D eigenvalue weighted by atomic mass is 19.1. The molecule has 0 spiro atoms. The number of rotatable bonds is 9. The molecule has 33 heavy (non-hydrogen) atoms. The van der Waals surface area contributed by atoms with Gasteiger partial charge in [-0.3, -0.25) is 4.79 Å². The lowest BCUT2D eigenvalue weighted by molar-refractivity contribution is 0.0723. The van der Waals surface area contributed by atoms with E-state index < -0.39 is 0 Å². The van der Waals surface area contributed by atoms with Gasteiger partial charge >= 0.3 is 0 Å². The molecule has 1 aromatic heterocycles. The normalized spacial score (nSPS) is 13.8. The van der Waals surface area contributed by atoms with Gasteiger partial charge in [0.15, 0.2) is 0 Å². The van der Waals surface area contributed by atoms with Crippen molar-refractivity contribution in [3.05, 3.63) is 71.5 Å². The number of ether oxygens (including phenoxy) is 2. The van der Waals surface area contributed by atoms with Gasteiger partial charge in [-0.2, -0.15) is 0 Å². The zero-order valence-electron chi connectivity index (χ0n) is 18.7. The fourth-order valence-electron chi connectivity index (χ4n) is 3.90. The number of aromatic nitrogens is 1.